The average Bonchev–Trinajstić information content (AvgIpc) is 2.81. The molecule has 0 radical (unpaired) electrons. The van der Waals surface area contributed by atoms with E-state index in [-0.39, 0.29) is 6.10 Å². The monoisotopic (exact) mass is 237 g/mol. The molecule has 1 aliphatic carbocycles. The molecule has 1 atom stereocenters. The first-order valence-corrected chi connectivity index (χ1v) is 7.05. The lowest BCUT2D eigenvalue weighted by molar-refractivity contribution is 0.165. The fourth-order valence-electron chi connectivity index (χ4n) is 2.31. The standard InChI is InChI=1S/C13H19NOS/c15-12(9-11-5-1-2-6-11)10-16-13-7-3-4-8-14-13/h3-4,7-8,11-12,15H,1-2,5-6,9-10H2. The third kappa shape index (κ3) is 3.80. The van der Waals surface area contributed by atoms with Gasteiger partial charge in [-0.15, -0.1) is 11.8 Å². The smallest absolute Gasteiger partial charge is 0.0960 e. The van der Waals surface area contributed by atoms with Gasteiger partial charge in [-0.3, -0.25) is 0 Å². The summed E-state index contributed by atoms with van der Waals surface area (Å²) in [4.78, 5) is 4.23. The molecule has 1 aliphatic rings. The maximum absolute atomic E-state index is 9.92. The summed E-state index contributed by atoms with van der Waals surface area (Å²) in [5.41, 5.74) is 0. The number of aliphatic hydroxyl groups is 1. The predicted octanol–water partition coefficient (Wildman–Crippen LogP) is 3.11. The van der Waals surface area contributed by atoms with E-state index in [1.165, 1.54) is 25.7 Å². The molecule has 0 saturated heterocycles. The van der Waals surface area contributed by atoms with Gasteiger partial charge in [0.2, 0.25) is 0 Å². The summed E-state index contributed by atoms with van der Waals surface area (Å²) in [7, 11) is 0. The van der Waals surface area contributed by atoms with Crippen molar-refractivity contribution < 1.29 is 5.11 Å². The van der Waals surface area contributed by atoms with Crippen molar-refractivity contribution in [3.8, 4) is 0 Å². The Balaban J connectivity index is 1.69. The summed E-state index contributed by atoms with van der Waals surface area (Å²) in [5.74, 6) is 1.53. The molecule has 1 fully saturated rings. The van der Waals surface area contributed by atoms with Crippen LogP contribution in [-0.2, 0) is 0 Å². The molecule has 0 bridgehead atoms. The van der Waals surface area contributed by atoms with Gasteiger partial charge in [-0.2, -0.15) is 0 Å². The number of hydrogen-bond acceptors (Lipinski definition) is 3. The molecule has 1 unspecified atom stereocenters. The molecular weight excluding hydrogens is 218 g/mol. The van der Waals surface area contributed by atoms with Crippen LogP contribution < -0.4 is 0 Å². The van der Waals surface area contributed by atoms with Gasteiger partial charge in [-0.25, -0.2) is 4.98 Å². The second kappa shape index (κ2) is 6.26. The highest BCUT2D eigenvalue weighted by Crippen LogP contribution is 2.29. The van der Waals surface area contributed by atoms with Crippen molar-refractivity contribution in [3.63, 3.8) is 0 Å². The zero-order valence-electron chi connectivity index (χ0n) is 9.51. The summed E-state index contributed by atoms with van der Waals surface area (Å²) in [6, 6.07) is 5.89. The van der Waals surface area contributed by atoms with Crippen LogP contribution in [0.5, 0.6) is 0 Å². The lowest BCUT2D eigenvalue weighted by Crippen LogP contribution is -2.14. The number of thioether (sulfide) groups is 1. The van der Waals surface area contributed by atoms with E-state index in [2.05, 4.69) is 4.98 Å². The molecule has 2 rings (SSSR count). The zero-order chi connectivity index (χ0) is 11.2. The maximum atomic E-state index is 9.92. The van der Waals surface area contributed by atoms with Crippen LogP contribution in [-0.4, -0.2) is 21.9 Å². The van der Waals surface area contributed by atoms with Crippen molar-refractivity contribution in [2.75, 3.05) is 5.75 Å². The normalized spacial score (nSPS) is 18.8. The highest BCUT2D eigenvalue weighted by molar-refractivity contribution is 7.99. The first kappa shape index (κ1) is 11.9. The molecule has 0 spiro atoms. The van der Waals surface area contributed by atoms with Crippen molar-refractivity contribution in [2.45, 2.75) is 43.2 Å². The first-order valence-electron chi connectivity index (χ1n) is 6.06. The van der Waals surface area contributed by atoms with E-state index in [1.807, 2.05) is 18.2 Å². The van der Waals surface area contributed by atoms with Crippen LogP contribution in [0.1, 0.15) is 32.1 Å². The van der Waals surface area contributed by atoms with Crippen LogP contribution in [0.15, 0.2) is 29.4 Å². The van der Waals surface area contributed by atoms with Gasteiger partial charge in [-0.05, 0) is 24.5 Å². The minimum Gasteiger partial charge on any atom is -0.392 e. The summed E-state index contributed by atoms with van der Waals surface area (Å²) in [6.45, 7) is 0. The SMILES string of the molecule is OC(CSc1ccccn1)CC1CCCC1. The molecule has 16 heavy (non-hydrogen) atoms. The minimum atomic E-state index is -0.171. The lowest BCUT2D eigenvalue weighted by Gasteiger charge is -2.14. The van der Waals surface area contributed by atoms with E-state index in [0.717, 1.165) is 23.1 Å². The van der Waals surface area contributed by atoms with Gasteiger partial charge >= 0.3 is 0 Å². The van der Waals surface area contributed by atoms with Crippen molar-refractivity contribution in [3.05, 3.63) is 24.4 Å². The van der Waals surface area contributed by atoms with Crippen LogP contribution in [0.3, 0.4) is 0 Å². The van der Waals surface area contributed by atoms with Gasteiger partial charge in [-0.1, -0.05) is 31.7 Å². The molecule has 1 aromatic rings. The van der Waals surface area contributed by atoms with Crippen LogP contribution in [0, 0.1) is 5.92 Å². The summed E-state index contributed by atoms with van der Waals surface area (Å²) < 4.78 is 0. The Hall–Kier alpha value is -0.540. The quantitative estimate of drug-likeness (QED) is 0.799. The third-order valence-electron chi connectivity index (χ3n) is 3.14. The first-order chi connectivity index (χ1) is 7.84. The Morgan fingerprint density at radius 1 is 1.38 bits per heavy atom. The molecule has 0 amide bonds. The van der Waals surface area contributed by atoms with E-state index in [0.29, 0.717) is 0 Å². The predicted molar refractivity (Wildman–Crippen MR) is 67.5 cm³/mol. The fourth-order valence-corrected chi connectivity index (χ4v) is 3.12. The van der Waals surface area contributed by atoms with Gasteiger partial charge in [0.25, 0.3) is 0 Å². The largest absolute Gasteiger partial charge is 0.392 e. The van der Waals surface area contributed by atoms with Crippen molar-refractivity contribution in [1.29, 1.82) is 0 Å². The van der Waals surface area contributed by atoms with Gasteiger partial charge in [0, 0.05) is 11.9 Å². The van der Waals surface area contributed by atoms with Crippen molar-refractivity contribution in [2.24, 2.45) is 5.92 Å². The Labute approximate surface area is 101 Å². The average molecular weight is 237 g/mol. The molecule has 1 aromatic heterocycles. The summed E-state index contributed by atoms with van der Waals surface area (Å²) in [6.07, 6.45) is 7.92. The third-order valence-corrected chi connectivity index (χ3v) is 4.23. The second-order valence-corrected chi connectivity index (χ2v) is 5.56. The number of rotatable bonds is 5. The van der Waals surface area contributed by atoms with Crippen LogP contribution >= 0.6 is 11.8 Å². The Morgan fingerprint density at radius 2 is 2.19 bits per heavy atom. The number of nitrogens with zero attached hydrogens (tertiary/aromatic N) is 1. The highest BCUT2D eigenvalue weighted by atomic mass is 32.2. The van der Waals surface area contributed by atoms with E-state index in [9.17, 15) is 5.11 Å². The maximum Gasteiger partial charge on any atom is 0.0960 e. The number of aromatic nitrogens is 1. The molecule has 2 nitrogen and oxygen atoms in total. The zero-order valence-corrected chi connectivity index (χ0v) is 10.3. The summed E-state index contributed by atoms with van der Waals surface area (Å²) in [5, 5.41) is 10.9. The van der Waals surface area contributed by atoms with Crippen LogP contribution in [0.4, 0.5) is 0 Å². The lowest BCUT2D eigenvalue weighted by atomic mass is 10.0. The molecular formula is C13H19NOS. The summed E-state index contributed by atoms with van der Waals surface area (Å²) >= 11 is 1.65. The molecule has 3 heteroatoms. The van der Waals surface area contributed by atoms with Crippen molar-refractivity contribution >= 4 is 11.8 Å². The van der Waals surface area contributed by atoms with E-state index in [1.54, 1.807) is 18.0 Å². The topological polar surface area (TPSA) is 33.1 Å². The number of aliphatic hydroxyl groups excluding tert-OH is 1. The molecule has 0 aromatic carbocycles. The fraction of sp³-hybridized carbons (Fsp3) is 0.615. The minimum absolute atomic E-state index is 0.171. The Kier molecular flexibility index (Phi) is 4.67. The van der Waals surface area contributed by atoms with E-state index >= 15 is 0 Å². The molecule has 88 valence electrons. The van der Waals surface area contributed by atoms with E-state index < -0.39 is 0 Å². The second-order valence-electron chi connectivity index (χ2n) is 4.52. The molecule has 1 saturated carbocycles. The van der Waals surface area contributed by atoms with Gasteiger partial charge in [0.15, 0.2) is 0 Å². The number of pyridine rings is 1. The molecule has 0 aliphatic heterocycles. The number of hydrogen-bond donors (Lipinski definition) is 1. The van der Waals surface area contributed by atoms with Crippen LogP contribution in [0.25, 0.3) is 0 Å². The van der Waals surface area contributed by atoms with Crippen LogP contribution in [0.2, 0.25) is 0 Å². The van der Waals surface area contributed by atoms with Crippen molar-refractivity contribution in [1.82, 2.24) is 4.98 Å². The van der Waals surface area contributed by atoms with Gasteiger partial charge in [0.1, 0.15) is 0 Å². The van der Waals surface area contributed by atoms with E-state index in [4.69, 9.17) is 0 Å². The molecule has 1 N–H and O–H groups in total. The molecule has 1 heterocycles. The van der Waals surface area contributed by atoms with Gasteiger partial charge in [0.05, 0.1) is 11.1 Å². The highest BCUT2D eigenvalue weighted by Gasteiger charge is 2.18. The Morgan fingerprint density at radius 3 is 2.88 bits per heavy atom. The van der Waals surface area contributed by atoms with Gasteiger partial charge < -0.3 is 5.11 Å². The Bertz CT molecular complexity index is 298.